The number of halogens is 2. The summed E-state index contributed by atoms with van der Waals surface area (Å²) in [5.41, 5.74) is 0.705. The van der Waals surface area contributed by atoms with E-state index in [-0.39, 0.29) is 12.1 Å². The number of rotatable bonds is 3. The Bertz CT molecular complexity index is 414. The van der Waals surface area contributed by atoms with Crippen molar-refractivity contribution in [2.24, 2.45) is 0 Å². The van der Waals surface area contributed by atoms with Crippen molar-refractivity contribution in [1.29, 1.82) is 0 Å². The summed E-state index contributed by atoms with van der Waals surface area (Å²) < 4.78 is 31.9. The lowest BCUT2D eigenvalue weighted by Crippen LogP contribution is -2.46. The van der Waals surface area contributed by atoms with Crippen LogP contribution in [0.1, 0.15) is 11.6 Å². The van der Waals surface area contributed by atoms with Crippen molar-refractivity contribution < 1.29 is 13.5 Å². The van der Waals surface area contributed by atoms with Crippen LogP contribution in [0.2, 0.25) is 0 Å². The molecule has 0 radical (unpaired) electrons. The molecule has 1 fully saturated rings. The highest BCUT2D eigenvalue weighted by Gasteiger charge is 2.27. The van der Waals surface area contributed by atoms with Crippen LogP contribution in [0, 0.1) is 11.6 Å². The first kappa shape index (κ1) is 13.4. The summed E-state index contributed by atoms with van der Waals surface area (Å²) in [6.45, 7) is 2.32. The monoisotopic (exact) mass is 256 g/mol. The van der Waals surface area contributed by atoms with E-state index in [9.17, 15) is 8.78 Å². The van der Waals surface area contributed by atoms with Gasteiger partial charge >= 0.3 is 0 Å². The fourth-order valence-corrected chi connectivity index (χ4v) is 2.29. The third-order valence-electron chi connectivity index (χ3n) is 3.28. The van der Waals surface area contributed by atoms with Gasteiger partial charge in [0.25, 0.3) is 0 Å². The second kappa shape index (κ2) is 5.73. The zero-order valence-corrected chi connectivity index (χ0v) is 10.6. The molecule has 2 atom stereocenters. The highest BCUT2D eigenvalue weighted by Crippen LogP contribution is 2.23. The van der Waals surface area contributed by atoms with Gasteiger partial charge in [0.15, 0.2) is 11.6 Å². The minimum Gasteiger partial charge on any atom is -0.374 e. The quantitative estimate of drug-likeness (QED) is 0.888. The average Bonchev–Trinajstić information content (AvgIpc) is 2.35. The van der Waals surface area contributed by atoms with Crippen molar-refractivity contribution in [2.75, 3.05) is 33.8 Å². The van der Waals surface area contributed by atoms with Gasteiger partial charge in [-0.05, 0) is 31.8 Å². The molecule has 1 N–H and O–H groups in total. The van der Waals surface area contributed by atoms with Crippen LogP contribution in [0.4, 0.5) is 8.78 Å². The first-order chi connectivity index (χ1) is 8.61. The Morgan fingerprint density at radius 3 is 2.78 bits per heavy atom. The summed E-state index contributed by atoms with van der Waals surface area (Å²) in [5, 5.41) is 3.11. The van der Waals surface area contributed by atoms with E-state index >= 15 is 0 Å². The maximum Gasteiger partial charge on any atom is 0.159 e. The number of morpholine rings is 1. The molecular formula is C13H18F2N2O. The zero-order valence-electron chi connectivity index (χ0n) is 10.6. The number of hydrogen-bond acceptors (Lipinski definition) is 3. The molecule has 1 aromatic rings. The smallest absolute Gasteiger partial charge is 0.159 e. The second-order valence-corrected chi connectivity index (χ2v) is 4.61. The summed E-state index contributed by atoms with van der Waals surface area (Å²) in [5.74, 6) is -1.65. The molecule has 0 amide bonds. The molecule has 18 heavy (non-hydrogen) atoms. The van der Waals surface area contributed by atoms with E-state index < -0.39 is 11.6 Å². The van der Waals surface area contributed by atoms with Gasteiger partial charge in [-0.25, -0.2) is 8.78 Å². The lowest BCUT2D eigenvalue weighted by molar-refractivity contribution is -0.0380. The number of hydrogen-bond donors (Lipinski definition) is 1. The molecule has 1 saturated heterocycles. The first-order valence-electron chi connectivity index (χ1n) is 6.04. The van der Waals surface area contributed by atoms with E-state index in [0.29, 0.717) is 12.2 Å². The third-order valence-corrected chi connectivity index (χ3v) is 3.28. The third kappa shape index (κ3) is 2.85. The number of ether oxygens (including phenoxy) is 1. The molecule has 2 unspecified atom stereocenters. The van der Waals surface area contributed by atoms with Crippen LogP contribution >= 0.6 is 0 Å². The zero-order chi connectivity index (χ0) is 13.1. The molecule has 0 spiro atoms. The van der Waals surface area contributed by atoms with Crippen molar-refractivity contribution in [2.45, 2.75) is 12.1 Å². The summed E-state index contributed by atoms with van der Waals surface area (Å²) in [4.78, 5) is 2.17. The van der Waals surface area contributed by atoms with Crippen LogP contribution in [-0.2, 0) is 4.74 Å². The van der Waals surface area contributed by atoms with Crippen LogP contribution < -0.4 is 5.32 Å². The predicted molar refractivity (Wildman–Crippen MR) is 65.4 cm³/mol. The minimum atomic E-state index is -0.824. The highest BCUT2D eigenvalue weighted by molar-refractivity contribution is 5.22. The molecule has 100 valence electrons. The molecule has 0 saturated carbocycles. The van der Waals surface area contributed by atoms with Crippen molar-refractivity contribution >= 4 is 0 Å². The van der Waals surface area contributed by atoms with Crippen LogP contribution in [0.25, 0.3) is 0 Å². The molecule has 1 aromatic carbocycles. The van der Waals surface area contributed by atoms with Gasteiger partial charge < -0.3 is 15.0 Å². The van der Waals surface area contributed by atoms with Gasteiger partial charge in [-0.15, -0.1) is 0 Å². The lowest BCUT2D eigenvalue weighted by atomic mass is 10.00. The number of likely N-dealkylation sites (N-methyl/N-ethyl adjacent to an activating group) is 2. The Balaban J connectivity index is 2.18. The van der Waals surface area contributed by atoms with E-state index in [4.69, 9.17) is 4.74 Å². The van der Waals surface area contributed by atoms with Crippen LogP contribution in [0.5, 0.6) is 0 Å². The first-order valence-corrected chi connectivity index (χ1v) is 6.04. The summed E-state index contributed by atoms with van der Waals surface area (Å²) in [7, 11) is 3.82. The van der Waals surface area contributed by atoms with Crippen molar-refractivity contribution in [3.8, 4) is 0 Å². The van der Waals surface area contributed by atoms with Crippen molar-refractivity contribution in [3.05, 3.63) is 35.4 Å². The molecule has 0 aliphatic carbocycles. The number of nitrogens with one attached hydrogen (secondary N) is 1. The summed E-state index contributed by atoms with van der Waals surface area (Å²) >= 11 is 0. The van der Waals surface area contributed by atoms with E-state index in [1.54, 1.807) is 13.1 Å². The lowest BCUT2D eigenvalue weighted by Gasteiger charge is -2.35. The molecule has 2 rings (SSSR count). The highest BCUT2D eigenvalue weighted by atomic mass is 19.2. The Hall–Kier alpha value is -1.04. The van der Waals surface area contributed by atoms with Gasteiger partial charge in [-0.2, -0.15) is 0 Å². The molecule has 0 aromatic heterocycles. The molecule has 0 bridgehead atoms. The SMILES string of the molecule is CNC(c1ccc(F)c(F)c1)C1CN(C)CCO1. The fourth-order valence-electron chi connectivity index (χ4n) is 2.29. The maximum atomic E-state index is 13.3. The van der Waals surface area contributed by atoms with Gasteiger partial charge in [0.1, 0.15) is 0 Å². The topological polar surface area (TPSA) is 24.5 Å². The van der Waals surface area contributed by atoms with E-state index in [0.717, 1.165) is 19.2 Å². The molecular weight excluding hydrogens is 238 g/mol. The van der Waals surface area contributed by atoms with Crippen molar-refractivity contribution in [1.82, 2.24) is 10.2 Å². The molecule has 5 heteroatoms. The maximum absolute atomic E-state index is 13.3. The molecule has 1 aliphatic rings. The molecule has 3 nitrogen and oxygen atoms in total. The average molecular weight is 256 g/mol. The Kier molecular flexibility index (Phi) is 4.27. The number of benzene rings is 1. The predicted octanol–water partition coefficient (Wildman–Crippen LogP) is 1.56. The van der Waals surface area contributed by atoms with Crippen LogP contribution in [0.3, 0.4) is 0 Å². The Labute approximate surface area is 106 Å². The van der Waals surface area contributed by atoms with Gasteiger partial charge in [0, 0.05) is 13.1 Å². The minimum absolute atomic E-state index is 0.0568. The normalized spacial score (nSPS) is 23.0. The Morgan fingerprint density at radius 2 is 2.17 bits per heavy atom. The van der Waals surface area contributed by atoms with E-state index in [2.05, 4.69) is 10.2 Å². The molecule has 1 heterocycles. The van der Waals surface area contributed by atoms with Gasteiger partial charge in [-0.3, -0.25) is 0 Å². The van der Waals surface area contributed by atoms with Crippen LogP contribution in [-0.4, -0.2) is 44.8 Å². The summed E-state index contributed by atoms with van der Waals surface area (Å²) in [6, 6.07) is 3.84. The van der Waals surface area contributed by atoms with Gasteiger partial charge in [-0.1, -0.05) is 6.07 Å². The van der Waals surface area contributed by atoms with Crippen LogP contribution in [0.15, 0.2) is 18.2 Å². The standard InChI is InChI=1S/C13H18F2N2O/c1-16-13(12-8-17(2)5-6-18-12)9-3-4-10(14)11(15)7-9/h3-4,7,12-13,16H,5-6,8H2,1-2H3. The second-order valence-electron chi connectivity index (χ2n) is 4.61. The van der Waals surface area contributed by atoms with E-state index in [1.165, 1.54) is 6.07 Å². The largest absolute Gasteiger partial charge is 0.374 e. The van der Waals surface area contributed by atoms with Gasteiger partial charge in [0.2, 0.25) is 0 Å². The Morgan fingerprint density at radius 1 is 1.39 bits per heavy atom. The fraction of sp³-hybridized carbons (Fsp3) is 0.538. The van der Waals surface area contributed by atoms with Gasteiger partial charge in [0.05, 0.1) is 18.8 Å². The van der Waals surface area contributed by atoms with E-state index in [1.807, 2.05) is 7.05 Å². The molecule has 1 aliphatic heterocycles. The summed E-state index contributed by atoms with van der Waals surface area (Å²) in [6.07, 6.45) is -0.0568. The van der Waals surface area contributed by atoms with Crippen molar-refractivity contribution in [3.63, 3.8) is 0 Å². The number of nitrogens with zero attached hydrogens (tertiary/aromatic N) is 1.